The molecule has 122 valence electrons. The first kappa shape index (κ1) is 16.8. The van der Waals surface area contributed by atoms with Gasteiger partial charge >= 0.3 is 6.03 Å². The summed E-state index contributed by atoms with van der Waals surface area (Å²) >= 11 is 0. The SMILES string of the molecule is CO[C@@H]1CCCC[C@@H]1NC(=O)N[C@H](CO)Cc1ccccc1. The predicted octanol–water partition coefficient (Wildman–Crippen LogP) is 1.85. The van der Waals surface area contributed by atoms with Crippen molar-refractivity contribution in [1.82, 2.24) is 10.6 Å². The molecule has 3 atom stereocenters. The van der Waals surface area contributed by atoms with Gasteiger partial charge in [0.25, 0.3) is 0 Å². The lowest BCUT2D eigenvalue weighted by atomic mass is 9.92. The van der Waals surface area contributed by atoms with Crippen LogP contribution in [-0.4, -0.2) is 43.0 Å². The van der Waals surface area contributed by atoms with Gasteiger partial charge in [0.2, 0.25) is 0 Å². The van der Waals surface area contributed by atoms with Crippen LogP contribution in [0.2, 0.25) is 0 Å². The summed E-state index contributed by atoms with van der Waals surface area (Å²) in [6.07, 6.45) is 4.87. The maximum atomic E-state index is 12.1. The fraction of sp³-hybridized carbons (Fsp3) is 0.588. The van der Waals surface area contributed by atoms with Crippen LogP contribution in [0.25, 0.3) is 0 Å². The van der Waals surface area contributed by atoms with Gasteiger partial charge in [0.05, 0.1) is 24.8 Å². The van der Waals surface area contributed by atoms with Crippen LogP contribution in [0.3, 0.4) is 0 Å². The number of nitrogens with one attached hydrogen (secondary N) is 2. The van der Waals surface area contributed by atoms with Gasteiger partial charge in [-0.3, -0.25) is 0 Å². The molecule has 0 heterocycles. The second-order valence-corrected chi connectivity index (χ2v) is 5.85. The molecule has 2 rings (SSSR count). The zero-order valence-electron chi connectivity index (χ0n) is 13.1. The van der Waals surface area contributed by atoms with E-state index in [4.69, 9.17) is 4.74 Å². The standard InChI is InChI=1S/C17H26N2O3/c1-22-16-10-6-5-9-15(16)19-17(21)18-14(12-20)11-13-7-3-2-4-8-13/h2-4,7-8,14-16,20H,5-6,9-12H2,1H3,(H2,18,19,21)/t14-,15-,16+/m0/s1. The molecule has 5 heteroatoms. The second-order valence-electron chi connectivity index (χ2n) is 5.85. The van der Waals surface area contributed by atoms with Crippen LogP contribution in [0.1, 0.15) is 31.2 Å². The highest BCUT2D eigenvalue weighted by atomic mass is 16.5. The number of carbonyl (C=O) groups excluding carboxylic acids is 1. The topological polar surface area (TPSA) is 70.6 Å². The lowest BCUT2D eigenvalue weighted by Gasteiger charge is -2.31. The van der Waals surface area contributed by atoms with Gasteiger partial charge < -0.3 is 20.5 Å². The van der Waals surface area contributed by atoms with Crippen molar-refractivity contribution in [2.75, 3.05) is 13.7 Å². The molecule has 1 aromatic rings. The van der Waals surface area contributed by atoms with Gasteiger partial charge in [-0.05, 0) is 24.8 Å². The molecule has 1 aromatic carbocycles. The highest BCUT2D eigenvalue weighted by Crippen LogP contribution is 2.20. The first-order valence-electron chi connectivity index (χ1n) is 7.97. The van der Waals surface area contributed by atoms with Crippen molar-refractivity contribution in [2.24, 2.45) is 0 Å². The molecule has 1 aliphatic carbocycles. The third kappa shape index (κ3) is 5.00. The molecule has 0 radical (unpaired) electrons. The Kier molecular flexibility index (Phi) is 6.68. The zero-order valence-corrected chi connectivity index (χ0v) is 13.1. The first-order chi connectivity index (χ1) is 10.7. The van der Waals surface area contributed by atoms with Crippen LogP contribution < -0.4 is 10.6 Å². The van der Waals surface area contributed by atoms with Gasteiger partial charge in [-0.15, -0.1) is 0 Å². The normalized spacial score (nSPS) is 22.8. The van der Waals surface area contributed by atoms with Gasteiger partial charge in [-0.1, -0.05) is 43.2 Å². The Bertz CT molecular complexity index is 452. The number of carbonyl (C=O) groups is 1. The van der Waals surface area contributed by atoms with E-state index in [2.05, 4.69) is 10.6 Å². The van der Waals surface area contributed by atoms with Crippen molar-refractivity contribution < 1.29 is 14.6 Å². The summed E-state index contributed by atoms with van der Waals surface area (Å²) in [5, 5.41) is 15.3. The molecule has 1 fully saturated rings. The van der Waals surface area contributed by atoms with E-state index in [-0.39, 0.29) is 30.8 Å². The van der Waals surface area contributed by atoms with Crippen LogP contribution >= 0.6 is 0 Å². The molecule has 0 aliphatic heterocycles. The Hall–Kier alpha value is -1.59. The zero-order chi connectivity index (χ0) is 15.8. The molecule has 1 aliphatic rings. The molecule has 0 spiro atoms. The Labute approximate surface area is 132 Å². The van der Waals surface area contributed by atoms with E-state index in [9.17, 15) is 9.90 Å². The molecule has 0 aromatic heterocycles. The minimum atomic E-state index is -0.285. The minimum Gasteiger partial charge on any atom is -0.394 e. The Morgan fingerprint density at radius 1 is 1.32 bits per heavy atom. The third-order valence-corrected chi connectivity index (χ3v) is 4.20. The number of aliphatic hydroxyl groups excluding tert-OH is 1. The monoisotopic (exact) mass is 306 g/mol. The van der Waals surface area contributed by atoms with Crippen molar-refractivity contribution in [3.63, 3.8) is 0 Å². The lowest BCUT2D eigenvalue weighted by Crippen LogP contribution is -2.52. The molecule has 2 amide bonds. The summed E-state index contributed by atoms with van der Waals surface area (Å²) < 4.78 is 5.44. The van der Waals surface area contributed by atoms with Crippen LogP contribution in [0.5, 0.6) is 0 Å². The molecular formula is C17H26N2O3. The van der Waals surface area contributed by atoms with Crippen molar-refractivity contribution >= 4 is 6.03 Å². The summed E-state index contributed by atoms with van der Waals surface area (Å²) in [7, 11) is 1.69. The molecular weight excluding hydrogens is 280 g/mol. The summed E-state index contributed by atoms with van der Waals surface area (Å²) in [5.41, 5.74) is 1.09. The van der Waals surface area contributed by atoms with Gasteiger partial charge in [-0.25, -0.2) is 4.79 Å². The molecule has 0 saturated heterocycles. The maximum absolute atomic E-state index is 12.1. The average molecular weight is 306 g/mol. The highest BCUT2D eigenvalue weighted by Gasteiger charge is 2.26. The Balaban J connectivity index is 1.83. The van der Waals surface area contributed by atoms with Crippen LogP contribution in [0.15, 0.2) is 30.3 Å². The van der Waals surface area contributed by atoms with Gasteiger partial charge in [0.15, 0.2) is 0 Å². The number of hydrogen-bond donors (Lipinski definition) is 3. The van der Waals surface area contributed by atoms with E-state index in [1.54, 1.807) is 7.11 Å². The van der Waals surface area contributed by atoms with Crippen LogP contribution in [0.4, 0.5) is 4.79 Å². The maximum Gasteiger partial charge on any atom is 0.315 e. The largest absolute Gasteiger partial charge is 0.394 e. The van der Waals surface area contributed by atoms with Crippen LogP contribution in [-0.2, 0) is 11.2 Å². The van der Waals surface area contributed by atoms with E-state index in [0.717, 1.165) is 31.2 Å². The van der Waals surface area contributed by atoms with E-state index < -0.39 is 0 Å². The number of ether oxygens (including phenoxy) is 1. The number of methoxy groups -OCH3 is 1. The third-order valence-electron chi connectivity index (χ3n) is 4.20. The van der Waals surface area contributed by atoms with Crippen LogP contribution in [0, 0.1) is 0 Å². The average Bonchev–Trinajstić information content (AvgIpc) is 2.55. The van der Waals surface area contributed by atoms with E-state index in [0.29, 0.717) is 6.42 Å². The molecule has 22 heavy (non-hydrogen) atoms. The Morgan fingerprint density at radius 2 is 2.05 bits per heavy atom. The molecule has 3 N–H and O–H groups in total. The van der Waals surface area contributed by atoms with Crippen molar-refractivity contribution in [3.8, 4) is 0 Å². The number of rotatable bonds is 6. The van der Waals surface area contributed by atoms with E-state index in [1.165, 1.54) is 0 Å². The van der Waals surface area contributed by atoms with Crippen molar-refractivity contribution in [1.29, 1.82) is 0 Å². The molecule has 5 nitrogen and oxygen atoms in total. The lowest BCUT2D eigenvalue weighted by molar-refractivity contribution is 0.0449. The summed E-state index contributed by atoms with van der Waals surface area (Å²) in [6.45, 7) is -0.0827. The van der Waals surface area contributed by atoms with Gasteiger partial charge in [-0.2, -0.15) is 0 Å². The number of aliphatic hydroxyl groups is 1. The number of benzene rings is 1. The molecule has 0 unspecified atom stereocenters. The second kappa shape index (κ2) is 8.76. The fourth-order valence-corrected chi connectivity index (χ4v) is 3.00. The quantitative estimate of drug-likeness (QED) is 0.751. The summed E-state index contributed by atoms with van der Waals surface area (Å²) in [5.74, 6) is 0. The Morgan fingerprint density at radius 3 is 2.73 bits per heavy atom. The van der Waals surface area contributed by atoms with Gasteiger partial charge in [0.1, 0.15) is 0 Å². The van der Waals surface area contributed by atoms with E-state index in [1.807, 2.05) is 30.3 Å². The first-order valence-corrected chi connectivity index (χ1v) is 7.97. The fourth-order valence-electron chi connectivity index (χ4n) is 3.00. The number of hydrogen-bond acceptors (Lipinski definition) is 3. The van der Waals surface area contributed by atoms with Crippen molar-refractivity contribution in [3.05, 3.63) is 35.9 Å². The van der Waals surface area contributed by atoms with Crippen molar-refractivity contribution in [2.45, 2.75) is 50.3 Å². The van der Waals surface area contributed by atoms with Gasteiger partial charge in [0, 0.05) is 7.11 Å². The predicted molar refractivity (Wildman–Crippen MR) is 85.7 cm³/mol. The summed E-state index contributed by atoms with van der Waals surface area (Å²) in [6, 6.07) is 9.37. The smallest absolute Gasteiger partial charge is 0.315 e. The number of amides is 2. The minimum absolute atomic E-state index is 0.0508. The number of urea groups is 1. The highest BCUT2D eigenvalue weighted by molar-refractivity contribution is 5.74. The van der Waals surface area contributed by atoms with E-state index >= 15 is 0 Å². The molecule has 1 saturated carbocycles. The molecule has 0 bridgehead atoms. The summed E-state index contributed by atoms with van der Waals surface area (Å²) in [4.78, 5) is 12.1.